The van der Waals surface area contributed by atoms with Crippen molar-refractivity contribution >= 4 is 46.6 Å². The van der Waals surface area contributed by atoms with Crippen molar-refractivity contribution in [3.8, 4) is 5.75 Å². The van der Waals surface area contributed by atoms with Crippen LogP contribution in [-0.2, 0) is 15.3 Å². The van der Waals surface area contributed by atoms with Crippen LogP contribution in [0, 0.1) is 0 Å². The van der Waals surface area contributed by atoms with E-state index >= 15 is 0 Å². The Labute approximate surface area is 168 Å². The van der Waals surface area contributed by atoms with Gasteiger partial charge in [-0.25, -0.2) is 0 Å². The first-order chi connectivity index (χ1) is 13.1. The van der Waals surface area contributed by atoms with E-state index in [1.165, 1.54) is 11.8 Å². The summed E-state index contributed by atoms with van der Waals surface area (Å²) in [5, 5.41) is 3.60. The van der Waals surface area contributed by atoms with E-state index in [9.17, 15) is 9.59 Å². The Morgan fingerprint density at radius 2 is 2.04 bits per heavy atom. The summed E-state index contributed by atoms with van der Waals surface area (Å²) in [6, 6.07) is 12.9. The molecule has 5 nitrogen and oxygen atoms in total. The number of hydrogen-bond donors (Lipinski definition) is 1. The third kappa shape index (κ3) is 5.17. The summed E-state index contributed by atoms with van der Waals surface area (Å²) in [6.07, 6.45) is 1.38. The third-order valence-electron chi connectivity index (χ3n) is 4.24. The average molecular weight is 405 g/mol. The lowest BCUT2D eigenvalue weighted by Gasteiger charge is -2.20. The van der Waals surface area contributed by atoms with Crippen LogP contribution in [0.4, 0.5) is 11.4 Å². The van der Waals surface area contributed by atoms with Gasteiger partial charge in [-0.1, -0.05) is 23.7 Å². The molecule has 0 spiro atoms. The Morgan fingerprint density at radius 1 is 1.26 bits per heavy atom. The fourth-order valence-corrected chi connectivity index (χ4v) is 3.83. The zero-order valence-electron chi connectivity index (χ0n) is 15.0. The smallest absolute Gasteiger partial charge is 0.234 e. The van der Waals surface area contributed by atoms with E-state index in [4.69, 9.17) is 16.3 Å². The summed E-state index contributed by atoms with van der Waals surface area (Å²) in [6.45, 7) is 0.670. The van der Waals surface area contributed by atoms with Gasteiger partial charge in [0, 0.05) is 29.4 Å². The molecule has 2 amide bonds. The van der Waals surface area contributed by atoms with Crippen LogP contribution in [0.15, 0.2) is 42.5 Å². The number of halogens is 1. The molecule has 0 aliphatic carbocycles. The van der Waals surface area contributed by atoms with E-state index in [0.29, 0.717) is 40.9 Å². The van der Waals surface area contributed by atoms with E-state index in [-0.39, 0.29) is 11.8 Å². The zero-order chi connectivity index (χ0) is 19.2. The number of carbonyl (C=O) groups excluding carboxylic acids is 2. The molecule has 1 aliphatic rings. The number of ether oxygens (including phenoxy) is 1. The van der Waals surface area contributed by atoms with Gasteiger partial charge in [0.25, 0.3) is 0 Å². The molecule has 0 atom stereocenters. The summed E-state index contributed by atoms with van der Waals surface area (Å²) in [5.41, 5.74) is 2.48. The molecule has 1 heterocycles. The van der Waals surface area contributed by atoms with Crippen molar-refractivity contribution < 1.29 is 14.3 Å². The Balaban J connectivity index is 1.58. The van der Waals surface area contributed by atoms with Gasteiger partial charge in [-0.2, -0.15) is 0 Å². The van der Waals surface area contributed by atoms with Crippen LogP contribution in [0.5, 0.6) is 5.75 Å². The maximum atomic E-state index is 12.2. The Bertz CT molecular complexity index is 826. The molecule has 1 saturated heterocycles. The Kier molecular flexibility index (Phi) is 6.63. The molecule has 142 valence electrons. The number of anilines is 2. The molecule has 0 aromatic heterocycles. The number of carbonyl (C=O) groups is 2. The molecule has 1 N–H and O–H groups in total. The lowest BCUT2D eigenvalue weighted by molar-refractivity contribution is -0.117. The van der Waals surface area contributed by atoms with E-state index < -0.39 is 0 Å². The van der Waals surface area contributed by atoms with Crippen LogP contribution in [0.25, 0.3) is 0 Å². The van der Waals surface area contributed by atoms with Gasteiger partial charge in [-0.05, 0) is 42.3 Å². The van der Waals surface area contributed by atoms with E-state index in [0.717, 1.165) is 17.7 Å². The lowest BCUT2D eigenvalue weighted by atomic mass is 10.2. The van der Waals surface area contributed by atoms with Gasteiger partial charge in [-0.3, -0.25) is 9.59 Å². The summed E-state index contributed by atoms with van der Waals surface area (Å²) in [7, 11) is 1.57. The van der Waals surface area contributed by atoms with E-state index in [1.807, 2.05) is 24.3 Å². The maximum Gasteiger partial charge on any atom is 0.234 e. The standard InChI is InChI=1S/C20H21ClN2O3S/c1-26-18-9-8-16(11-17(18)23-10-2-3-20(23)25)22-19(24)13-27-12-14-4-6-15(21)7-5-14/h4-9,11H,2-3,10,12-13H2,1H3,(H,22,24). The second kappa shape index (κ2) is 9.15. The first kappa shape index (κ1) is 19.6. The second-order valence-corrected chi connectivity index (χ2v) is 7.63. The zero-order valence-corrected chi connectivity index (χ0v) is 16.6. The summed E-state index contributed by atoms with van der Waals surface area (Å²) in [5.74, 6) is 1.70. The van der Waals surface area contributed by atoms with Crippen LogP contribution >= 0.6 is 23.4 Å². The number of thioether (sulfide) groups is 1. The second-order valence-electron chi connectivity index (χ2n) is 6.20. The molecule has 0 saturated carbocycles. The third-order valence-corrected chi connectivity index (χ3v) is 5.50. The van der Waals surface area contributed by atoms with Crippen LogP contribution in [-0.4, -0.2) is 31.2 Å². The minimum Gasteiger partial charge on any atom is -0.495 e. The molecule has 2 aromatic carbocycles. The molecular weight excluding hydrogens is 384 g/mol. The predicted molar refractivity (Wildman–Crippen MR) is 111 cm³/mol. The van der Waals surface area contributed by atoms with Gasteiger partial charge in [0.2, 0.25) is 11.8 Å². The fraction of sp³-hybridized carbons (Fsp3) is 0.300. The predicted octanol–water partition coefficient (Wildman–Crippen LogP) is 4.35. The van der Waals surface area contributed by atoms with Crippen LogP contribution < -0.4 is 15.0 Å². The largest absolute Gasteiger partial charge is 0.495 e. The van der Waals surface area contributed by atoms with E-state index in [2.05, 4.69) is 5.32 Å². The van der Waals surface area contributed by atoms with Gasteiger partial charge in [0.05, 0.1) is 18.6 Å². The highest BCUT2D eigenvalue weighted by Gasteiger charge is 2.24. The molecule has 7 heteroatoms. The monoisotopic (exact) mass is 404 g/mol. The van der Waals surface area contributed by atoms with Crippen LogP contribution in [0.3, 0.4) is 0 Å². The van der Waals surface area contributed by atoms with Crippen LogP contribution in [0.1, 0.15) is 18.4 Å². The van der Waals surface area contributed by atoms with Gasteiger partial charge >= 0.3 is 0 Å². The van der Waals surface area contributed by atoms with Crippen molar-refractivity contribution in [2.24, 2.45) is 0 Å². The van der Waals surface area contributed by atoms with Crippen molar-refractivity contribution in [2.75, 3.05) is 29.6 Å². The summed E-state index contributed by atoms with van der Waals surface area (Å²) < 4.78 is 5.37. The molecule has 2 aromatic rings. The minimum atomic E-state index is -0.0853. The topological polar surface area (TPSA) is 58.6 Å². The lowest BCUT2D eigenvalue weighted by Crippen LogP contribution is -2.24. The fourth-order valence-electron chi connectivity index (χ4n) is 2.92. The normalized spacial score (nSPS) is 13.7. The molecule has 0 radical (unpaired) electrons. The number of methoxy groups -OCH3 is 1. The Hall–Kier alpha value is -2.18. The van der Waals surface area contributed by atoms with Gasteiger partial charge in [0.1, 0.15) is 5.75 Å². The number of hydrogen-bond acceptors (Lipinski definition) is 4. The molecule has 1 fully saturated rings. The van der Waals surface area contributed by atoms with Crippen molar-refractivity contribution in [3.63, 3.8) is 0 Å². The van der Waals surface area contributed by atoms with E-state index in [1.54, 1.807) is 30.2 Å². The molecule has 0 bridgehead atoms. The minimum absolute atomic E-state index is 0.0790. The molecule has 27 heavy (non-hydrogen) atoms. The number of nitrogens with one attached hydrogen (secondary N) is 1. The average Bonchev–Trinajstić information content (AvgIpc) is 3.09. The van der Waals surface area contributed by atoms with Crippen molar-refractivity contribution in [1.29, 1.82) is 0 Å². The summed E-state index contributed by atoms with van der Waals surface area (Å²) >= 11 is 7.41. The quantitative estimate of drug-likeness (QED) is 0.745. The van der Waals surface area contributed by atoms with Crippen molar-refractivity contribution in [1.82, 2.24) is 0 Å². The number of benzene rings is 2. The van der Waals surface area contributed by atoms with Crippen LogP contribution in [0.2, 0.25) is 5.02 Å². The molecular formula is C20H21ClN2O3S. The highest BCUT2D eigenvalue weighted by molar-refractivity contribution is 7.99. The first-order valence-electron chi connectivity index (χ1n) is 8.67. The molecule has 1 aliphatic heterocycles. The molecule has 0 unspecified atom stereocenters. The Morgan fingerprint density at radius 3 is 2.70 bits per heavy atom. The SMILES string of the molecule is COc1ccc(NC(=O)CSCc2ccc(Cl)cc2)cc1N1CCCC1=O. The van der Waals surface area contributed by atoms with Crippen molar-refractivity contribution in [2.45, 2.75) is 18.6 Å². The highest BCUT2D eigenvalue weighted by Crippen LogP contribution is 2.34. The number of amides is 2. The molecule has 3 rings (SSSR count). The van der Waals surface area contributed by atoms with Gasteiger partial charge in [-0.15, -0.1) is 11.8 Å². The van der Waals surface area contributed by atoms with Crippen molar-refractivity contribution in [3.05, 3.63) is 53.1 Å². The first-order valence-corrected chi connectivity index (χ1v) is 10.2. The summed E-state index contributed by atoms with van der Waals surface area (Å²) in [4.78, 5) is 26.0. The van der Waals surface area contributed by atoms with Gasteiger partial charge in [0.15, 0.2) is 0 Å². The number of rotatable bonds is 7. The van der Waals surface area contributed by atoms with Gasteiger partial charge < -0.3 is 15.0 Å². The number of nitrogens with zero attached hydrogens (tertiary/aromatic N) is 1. The maximum absolute atomic E-state index is 12.2. The highest BCUT2D eigenvalue weighted by atomic mass is 35.5.